The first-order valence-electron chi connectivity index (χ1n) is 5.16. The minimum absolute atomic E-state index is 0.0471. The number of aliphatic hydroxyl groups excluding tert-OH is 1. The molecule has 1 aromatic rings. The number of methoxy groups -OCH3 is 1. The zero-order chi connectivity index (χ0) is 12.7. The number of hydrogen-bond donors (Lipinski definition) is 3. The average molecular weight is 242 g/mol. The van der Waals surface area contributed by atoms with Crippen molar-refractivity contribution in [3.63, 3.8) is 0 Å². The Labute approximate surface area is 98.6 Å². The Morgan fingerprint density at radius 2 is 2.29 bits per heavy atom. The summed E-state index contributed by atoms with van der Waals surface area (Å²) in [4.78, 5) is 11.0. The van der Waals surface area contributed by atoms with Crippen molar-refractivity contribution in [2.24, 2.45) is 0 Å². The first-order valence-corrected chi connectivity index (χ1v) is 5.16. The monoisotopic (exact) mass is 242 g/mol. The molecule has 0 spiro atoms. The second-order valence-corrected chi connectivity index (χ2v) is 3.32. The number of anilines is 2. The summed E-state index contributed by atoms with van der Waals surface area (Å²) in [6.45, 7) is 0.654. The molecule has 0 aliphatic carbocycles. The van der Waals surface area contributed by atoms with Crippen molar-refractivity contribution < 1.29 is 19.0 Å². The van der Waals surface area contributed by atoms with Gasteiger partial charge in [0.2, 0.25) is 0 Å². The van der Waals surface area contributed by atoms with Crippen LogP contribution in [0.5, 0.6) is 0 Å². The van der Waals surface area contributed by atoms with Crippen LogP contribution in [0.25, 0.3) is 0 Å². The third-order valence-electron chi connectivity index (χ3n) is 2.05. The van der Waals surface area contributed by atoms with Gasteiger partial charge in [-0.2, -0.15) is 0 Å². The summed E-state index contributed by atoms with van der Waals surface area (Å²) < 4.78 is 17.7. The molecule has 0 heterocycles. The molecule has 0 bridgehead atoms. The Balaban J connectivity index is 2.68. The highest BCUT2D eigenvalue weighted by Crippen LogP contribution is 2.19. The molecule has 3 N–H and O–H groups in total. The van der Waals surface area contributed by atoms with Crippen LogP contribution in [0, 0.1) is 5.82 Å². The second kappa shape index (κ2) is 6.70. The number of carbonyl (C=O) groups is 1. The number of halogens is 1. The topological polar surface area (TPSA) is 70.6 Å². The molecule has 1 rings (SSSR count). The molecular weight excluding hydrogens is 227 g/mol. The number of nitrogens with one attached hydrogen (secondary N) is 2. The molecule has 0 unspecified atom stereocenters. The zero-order valence-electron chi connectivity index (χ0n) is 9.50. The fraction of sp³-hybridized carbons (Fsp3) is 0.364. The first kappa shape index (κ1) is 13.2. The van der Waals surface area contributed by atoms with Crippen LogP contribution in [0.3, 0.4) is 0 Å². The van der Waals surface area contributed by atoms with Gasteiger partial charge in [0.05, 0.1) is 12.8 Å². The number of hydrogen-bond acceptors (Lipinski definition) is 4. The van der Waals surface area contributed by atoms with Crippen molar-refractivity contribution in [2.75, 3.05) is 30.9 Å². The van der Waals surface area contributed by atoms with E-state index in [0.717, 1.165) is 0 Å². The second-order valence-electron chi connectivity index (χ2n) is 3.32. The Bertz CT molecular complexity index is 385. The van der Waals surface area contributed by atoms with E-state index in [1.165, 1.54) is 19.2 Å². The molecule has 0 aliphatic heterocycles. The van der Waals surface area contributed by atoms with E-state index in [0.29, 0.717) is 18.7 Å². The number of ether oxygens (including phenoxy) is 1. The molecule has 0 radical (unpaired) electrons. The van der Waals surface area contributed by atoms with Gasteiger partial charge < -0.3 is 15.2 Å². The summed E-state index contributed by atoms with van der Waals surface area (Å²) in [5.41, 5.74) is 0.706. The maximum absolute atomic E-state index is 13.3. The molecule has 17 heavy (non-hydrogen) atoms. The molecule has 5 nitrogen and oxygen atoms in total. The number of carbonyl (C=O) groups excluding carboxylic acids is 1. The molecule has 0 saturated carbocycles. The van der Waals surface area contributed by atoms with Gasteiger partial charge in [-0.1, -0.05) is 0 Å². The van der Waals surface area contributed by atoms with Crippen LogP contribution in [-0.4, -0.2) is 31.5 Å². The SMILES string of the molecule is COC(=O)Nc1cc(NCCCO)ccc1F. The van der Waals surface area contributed by atoms with Gasteiger partial charge in [0.25, 0.3) is 0 Å². The van der Waals surface area contributed by atoms with Crippen LogP contribution in [0.1, 0.15) is 6.42 Å². The third kappa shape index (κ3) is 4.28. The molecule has 6 heteroatoms. The van der Waals surface area contributed by atoms with Gasteiger partial charge in [-0.25, -0.2) is 9.18 Å². The lowest BCUT2D eigenvalue weighted by molar-refractivity contribution is 0.187. The van der Waals surface area contributed by atoms with Gasteiger partial charge in [-0.3, -0.25) is 5.32 Å². The van der Waals surface area contributed by atoms with Crippen molar-refractivity contribution in [2.45, 2.75) is 6.42 Å². The Kier molecular flexibility index (Phi) is 5.22. The lowest BCUT2D eigenvalue weighted by Gasteiger charge is -2.09. The maximum atomic E-state index is 13.3. The molecule has 1 amide bonds. The molecule has 94 valence electrons. The lowest BCUT2D eigenvalue weighted by atomic mass is 10.2. The predicted octanol–water partition coefficient (Wildman–Crippen LogP) is 1.80. The van der Waals surface area contributed by atoms with E-state index in [2.05, 4.69) is 15.4 Å². The Morgan fingerprint density at radius 1 is 1.53 bits per heavy atom. The molecule has 0 aromatic heterocycles. The van der Waals surface area contributed by atoms with Crippen molar-refractivity contribution in [1.82, 2.24) is 0 Å². The van der Waals surface area contributed by atoms with Gasteiger partial charge in [0.1, 0.15) is 5.82 Å². The highest BCUT2D eigenvalue weighted by atomic mass is 19.1. The third-order valence-corrected chi connectivity index (χ3v) is 2.05. The van der Waals surface area contributed by atoms with Crippen LogP contribution < -0.4 is 10.6 Å². The van der Waals surface area contributed by atoms with E-state index in [1.54, 1.807) is 6.07 Å². The van der Waals surface area contributed by atoms with E-state index in [1.807, 2.05) is 0 Å². The average Bonchev–Trinajstić information content (AvgIpc) is 2.33. The molecule has 0 aliphatic rings. The number of benzene rings is 1. The molecule has 0 fully saturated rings. The largest absolute Gasteiger partial charge is 0.453 e. The fourth-order valence-corrected chi connectivity index (χ4v) is 1.20. The van der Waals surface area contributed by atoms with Gasteiger partial charge in [0, 0.05) is 18.8 Å². The summed E-state index contributed by atoms with van der Waals surface area (Å²) in [5, 5.41) is 13.9. The summed E-state index contributed by atoms with van der Waals surface area (Å²) in [5.74, 6) is -0.539. The van der Waals surface area contributed by atoms with E-state index >= 15 is 0 Å². The summed E-state index contributed by atoms with van der Waals surface area (Å²) in [6.07, 6.45) is -0.131. The van der Waals surface area contributed by atoms with Gasteiger partial charge >= 0.3 is 6.09 Å². The van der Waals surface area contributed by atoms with Crippen LogP contribution in [0.2, 0.25) is 0 Å². The van der Waals surface area contributed by atoms with E-state index < -0.39 is 11.9 Å². The van der Waals surface area contributed by atoms with Crippen LogP contribution >= 0.6 is 0 Å². The quantitative estimate of drug-likeness (QED) is 0.688. The predicted molar refractivity (Wildman–Crippen MR) is 62.6 cm³/mol. The molecule has 0 atom stereocenters. The minimum Gasteiger partial charge on any atom is -0.453 e. The number of amides is 1. The lowest BCUT2D eigenvalue weighted by Crippen LogP contribution is -2.12. The Morgan fingerprint density at radius 3 is 2.94 bits per heavy atom. The van der Waals surface area contributed by atoms with Crippen LogP contribution in [0.15, 0.2) is 18.2 Å². The minimum atomic E-state index is -0.726. The Hall–Kier alpha value is -1.82. The fourth-order valence-electron chi connectivity index (χ4n) is 1.20. The molecule has 0 saturated heterocycles. The highest BCUT2D eigenvalue weighted by Gasteiger charge is 2.07. The molecular formula is C11H15FN2O3. The van der Waals surface area contributed by atoms with Gasteiger partial charge in [0.15, 0.2) is 0 Å². The van der Waals surface area contributed by atoms with Crippen molar-refractivity contribution in [3.8, 4) is 0 Å². The summed E-state index contributed by atoms with van der Waals surface area (Å²) in [7, 11) is 1.20. The smallest absolute Gasteiger partial charge is 0.411 e. The van der Waals surface area contributed by atoms with Crippen molar-refractivity contribution in [1.29, 1.82) is 0 Å². The van der Waals surface area contributed by atoms with E-state index in [4.69, 9.17) is 5.11 Å². The first-order chi connectivity index (χ1) is 8.17. The molecule has 1 aromatic carbocycles. The van der Waals surface area contributed by atoms with Gasteiger partial charge in [-0.15, -0.1) is 0 Å². The number of aliphatic hydroxyl groups is 1. The summed E-state index contributed by atoms with van der Waals surface area (Å²) in [6, 6.07) is 4.26. The maximum Gasteiger partial charge on any atom is 0.411 e. The van der Waals surface area contributed by atoms with E-state index in [-0.39, 0.29) is 12.3 Å². The van der Waals surface area contributed by atoms with Crippen molar-refractivity contribution in [3.05, 3.63) is 24.0 Å². The van der Waals surface area contributed by atoms with Gasteiger partial charge in [-0.05, 0) is 24.6 Å². The summed E-state index contributed by atoms with van der Waals surface area (Å²) >= 11 is 0. The number of rotatable bonds is 5. The zero-order valence-corrected chi connectivity index (χ0v) is 9.50. The van der Waals surface area contributed by atoms with E-state index in [9.17, 15) is 9.18 Å². The highest BCUT2D eigenvalue weighted by molar-refractivity contribution is 5.85. The standard InChI is InChI=1S/C11H15FN2O3/c1-17-11(16)14-10-7-8(3-4-9(10)12)13-5-2-6-15/h3-4,7,13,15H,2,5-6H2,1H3,(H,14,16). The van der Waals surface area contributed by atoms with Crippen LogP contribution in [0.4, 0.5) is 20.6 Å². The van der Waals surface area contributed by atoms with Crippen LogP contribution in [-0.2, 0) is 4.74 Å². The van der Waals surface area contributed by atoms with Crippen molar-refractivity contribution >= 4 is 17.5 Å². The normalized spacial score (nSPS) is 9.82.